The lowest BCUT2D eigenvalue weighted by molar-refractivity contribution is 0.0916. The van der Waals surface area contributed by atoms with Crippen LogP contribution in [-0.2, 0) is 6.61 Å². The van der Waals surface area contributed by atoms with Crippen LogP contribution in [0.3, 0.4) is 0 Å². The first kappa shape index (κ1) is 16.5. The molecule has 0 bridgehead atoms. The van der Waals surface area contributed by atoms with Crippen molar-refractivity contribution < 1.29 is 13.9 Å². The van der Waals surface area contributed by atoms with Gasteiger partial charge in [0.1, 0.15) is 12.4 Å². The van der Waals surface area contributed by atoms with Crippen molar-refractivity contribution in [1.82, 2.24) is 15.5 Å². The van der Waals surface area contributed by atoms with Crippen LogP contribution in [0.5, 0.6) is 5.75 Å². The summed E-state index contributed by atoms with van der Waals surface area (Å²) >= 11 is 0. The fourth-order valence-electron chi connectivity index (χ4n) is 2.67. The first-order chi connectivity index (χ1) is 11.8. The molecule has 1 aromatic carbocycles. The maximum absolute atomic E-state index is 12.3. The molecule has 128 valence electrons. The number of amides is 1. The molecule has 0 radical (unpaired) electrons. The molecule has 0 atom stereocenters. The van der Waals surface area contributed by atoms with Crippen molar-refractivity contribution in [3.8, 4) is 5.75 Å². The van der Waals surface area contributed by atoms with Crippen LogP contribution in [-0.4, -0.2) is 50.1 Å². The van der Waals surface area contributed by atoms with Gasteiger partial charge in [0, 0.05) is 44.8 Å². The van der Waals surface area contributed by atoms with Crippen LogP contribution in [0, 0.1) is 0 Å². The molecule has 1 aliphatic rings. The van der Waals surface area contributed by atoms with Gasteiger partial charge in [-0.05, 0) is 18.2 Å². The van der Waals surface area contributed by atoms with Crippen molar-refractivity contribution >= 4 is 5.91 Å². The number of hydrogen-bond acceptors (Lipinski definition) is 5. The zero-order valence-electron chi connectivity index (χ0n) is 13.7. The first-order valence-electron chi connectivity index (χ1n) is 8.28. The fraction of sp³-hybridized carbons (Fsp3) is 0.389. The van der Waals surface area contributed by atoms with E-state index in [1.165, 1.54) is 6.26 Å². The molecular weight excluding hydrogens is 306 g/mol. The van der Waals surface area contributed by atoms with Crippen molar-refractivity contribution in [3.05, 3.63) is 54.0 Å². The molecule has 1 aromatic heterocycles. The summed E-state index contributed by atoms with van der Waals surface area (Å²) in [5, 5.41) is 6.23. The van der Waals surface area contributed by atoms with Crippen molar-refractivity contribution in [2.45, 2.75) is 6.61 Å². The third-order valence-electron chi connectivity index (χ3n) is 4.01. The maximum atomic E-state index is 12.3. The number of nitrogens with zero attached hydrogens (tertiary/aromatic N) is 1. The molecule has 1 aliphatic heterocycles. The van der Waals surface area contributed by atoms with Crippen LogP contribution < -0.4 is 15.4 Å². The number of piperazine rings is 1. The summed E-state index contributed by atoms with van der Waals surface area (Å²) in [5.74, 6) is 0.900. The topological polar surface area (TPSA) is 66.7 Å². The Morgan fingerprint density at radius 3 is 2.79 bits per heavy atom. The van der Waals surface area contributed by atoms with Crippen LogP contribution >= 0.6 is 0 Å². The number of carbonyl (C=O) groups is 1. The number of rotatable bonds is 7. The minimum atomic E-state index is -0.193. The first-order valence-corrected chi connectivity index (χ1v) is 8.28. The van der Waals surface area contributed by atoms with E-state index < -0.39 is 0 Å². The number of nitrogens with one attached hydrogen (secondary N) is 2. The average molecular weight is 329 g/mol. The highest BCUT2D eigenvalue weighted by Gasteiger charge is 2.16. The van der Waals surface area contributed by atoms with Gasteiger partial charge in [0.05, 0.1) is 6.26 Å². The second kappa shape index (κ2) is 8.52. The molecule has 6 heteroatoms. The van der Waals surface area contributed by atoms with Crippen molar-refractivity contribution in [2.24, 2.45) is 0 Å². The summed E-state index contributed by atoms with van der Waals surface area (Å²) in [6, 6.07) is 11.3. The predicted octanol–water partition coefficient (Wildman–Crippen LogP) is 1.49. The maximum Gasteiger partial charge on any atom is 0.287 e. The Morgan fingerprint density at radius 2 is 2.00 bits per heavy atom. The minimum absolute atomic E-state index is 0.193. The van der Waals surface area contributed by atoms with Crippen LogP contribution in [0.25, 0.3) is 0 Å². The number of benzene rings is 1. The van der Waals surface area contributed by atoms with E-state index in [4.69, 9.17) is 9.15 Å². The van der Waals surface area contributed by atoms with Gasteiger partial charge in [0.15, 0.2) is 5.76 Å². The summed E-state index contributed by atoms with van der Waals surface area (Å²) in [7, 11) is 0. The molecule has 1 fully saturated rings. The smallest absolute Gasteiger partial charge is 0.287 e. The average Bonchev–Trinajstić information content (AvgIpc) is 3.10. The second-order valence-electron chi connectivity index (χ2n) is 5.72. The van der Waals surface area contributed by atoms with Crippen LogP contribution in [0.15, 0.2) is 47.1 Å². The SMILES string of the molecule is O=C(NCCN1CCNCC1)c1occc1COc1ccccc1. The standard InChI is InChI=1S/C18H23N3O3/c22-18(20-9-12-21-10-7-19-8-11-21)17-15(6-13-23-17)14-24-16-4-2-1-3-5-16/h1-6,13,19H,7-12,14H2,(H,20,22). The molecule has 2 heterocycles. The van der Waals surface area contributed by atoms with E-state index in [0.717, 1.165) is 44.0 Å². The van der Waals surface area contributed by atoms with Crippen molar-refractivity contribution in [2.75, 3.05) is 39.3 Å². The zero-order chi connectivity index (χ0) is 16.6. The van der Waals surface area contributed by atoms with E-state index in [9.17, 15) is 4.79 Å². The molecule has 6 nitrogen and oxygen atoms in total. The molecule has 1 saturated heterocycles. The fourth-order valence-corrected chi connectivity index (χ4v) is 2.67. The van der Waals surface area contributed by atoms with Gasteiger partial charge in [-0.3, -0.25) is 9.69 Å². The van der Waals surface area contributed by atoms with Gasteiger partial charge < -0.3 is 19.8 Å². The van der Waals surface area contributed by atoms with E-state index in [1.807, 2.05) is 30.3 Å². The number of para-hydroxylation sites is 1. The highest BCUT2D eigenvalue weighted by molar-refractivity contribution is 5.92. The van der Waals surface area contributed by atoms with Gasteiger partial charge in [0.25, 0.3) is 5.91 Å². The highest BCUT2D eigenvalue weighted by atomic mass is 16.5. The Hall–Kier alpha value is -2.31. The summed E-state index contributed by atoms with van der Waals surface area (Å²) in [4.78, 5) is 14.6. The molecule has 3 rings (SSSR count). The molecular formula is C18H23N3O3. The van der Waals surface area contributed by atoms with E-state index in [0.29, 0.717) is 18.9 Å². The lowest BCUT2D eigenvalue weighted by atomic mass is 10.2. The number of hydrogen-bond donors (Lipinski definition) is 2. The molecule has 2 aromatic rings. The van der Waals surface area contributed by atoms with E-state index >= 15 is 0 Å². The minimum Gasteiger partial charge on any atom is -0.489 e. The molecule has 1 amide bonds. The Kier molecular flexibility index (Phi) is 5.87. The number of carbonyl (C=O) groups excluding carboxylic acids is 1. The van der Waals surface area contributed by atoms with Gasteiger partial charge in [-0.2, -0.15) is 0 Å². The van der Waals surface area contributed by atoms with Gasteiger partial charge in [-0.1, -0.05) is 18.2 Å². The van der Waals surface area contributed by atoms with Gasteiger partial charge in [0.2, 0.25) is 0 Å². The van der Waals surface area contributed by atoms with E-state index in [1.54, 1.807) is 6.07 Å². The molecule has 24 heavy (non-hydrogen) atoms. The monoisotopic (exact) mass is 329 g/mol. The van der Waals surface area contributed by atoms with Crippen LogP contribution in [0.2, 0.25) is 0 Å². The second-order valence-corrected chi connectivity index (χ2v) is 5.72. The summed E-state index contributed by atoms with van der Waals surface area (Å²) in [5.41, 5.74) is 0.749. The van der Waals surface area contributed by atoms with E-state index in [-0.39, 0.29) is 5.91 Å². The molecule has 0 unspecified atom stereocenters. The van der Waals surface area contributed by atoms with Gasteiger partial charge in [-0.15, -0.1) is 0 Å². The van der Waals surface area contributed by atoms with Crippen LogP contribution in [0.1, 0.15) is 16.1 Å². The molecule has 0 spiro atoms. The Balaban J connectivity index is 1.47. The predicted molar refractivity (Wildman–Crippen MR) is 91.1 cm³/mol. The lowest BCUT2D eigenvalue weighted by Crippen LogP contribution is -2.46. The quantitative estimate of drug-likeness (QED) is 0.806. The third kappa shape index (κ3) is 4.59. The molecule has 2 N–H and O–H groups in total. The Morgan fingerprint density at radius 1 is 1.21 bits per heavy atom. The number of ether oxygens (including phenoxy) is 1. The zero-order valence-corrected chi connectivity index (χ0v) is 13.7. The van der Waals surface area contributed by atoms with Crippen molar-refractivity contribution in [3.63, 3.8) is 0 Å². The Bertz CT molecular complexity index is 636. The summed E-state index contributed by atoms with van der Waals surface area (Å²) in [6.07, 6.45) is 1.52. The normalized spacial score (nSPS) is 15.2. The number of furan rings is 1. The van der Waals surface area contributed by atoms with Gasteiger partial charge >= 0.3 is 0 Å². The summed E-state index contributed by atoms with van der Waals surface area (Å²) in [6.45, 7) is 5.82. The lowest BCUT2D eigenvalue weighted by Gasteiger charge is -2.26. The Labute approximate surface area is 141 Å². The molecule has 0 saturated carbocycles. The van der Waals surface area contributed by atoms with Crippen molar-refractivity contribution in [1.29, 1.82) is 0 Å². The largest absolute Gasteiger partial charge is 0.489 e. The molecule has 0 aliphatic carbocycles. The van der Waals surface area contributed by atoms with E-state index in [2.05, 4.69) is 15.5 Å². The summed E-state index contributed by atoms with van der Waals surface area (Å²) < 4.78 is 11.0. The highest BCUT2D eigenvalue weighted by Crippen LogP contribution is 2.15. The third-order valence-corrected chi connectivity index (χ3v) is 4.01. The van der Waals surface area contributed by atoms with Crippen LogP contribution in [0.4, 0.5) is 0 Å². The van der Waals surface area contributed by atoms with Gasteiger partial charge in [-0.25, -0.2) is 0 Å².